The van der Waals surface area contributed by atoms with Gasteiger partial charge in [0.15, 0.2) is 0 Å². The van der Waals surface area contributed by atoms with Crippen LogP contribution in [0.25, 0.3) is 6.08 Å². The first kappa shape index (κ1) is 19.0. The molecule has 3 heteroatoms. The van der Waals surface area contributed by atoms with Crippen LogP contribution in [0.5, 0.6) is 5.75 Å². The molecule has 0 heterocycles. The summed E-state index contributed by atoms with van der Waals surface area (Å²) in [6, 6.07) is 7.94. The van der Waals surface area contributed by atoms with E-state index in [0.29, 0.717) is 0 Å². The summed E-state index contributed by atoms with van der Waals surface area (Å²) in [5.41, 5.74) is 1.06. The molecule has 1 aromatic rings. The number of hydrogen-bond acceptors (Lipinski definition) is 3. The van der Waals surface area contributed by atoms with Crippen molar-refractivity contribution in [1.29, 1.82) is 0 Å². The molecule has 0 fully saturated rings. The van der Waals surface area contributed by atoms with Gasteiger partial charge in [0.2, 0.25) is 0 Å². The fourth-order valence-electron chi connectivity index (χ4n) is 2.12. The van der Waals surface area contributed by atoms with Gasteiger partial charge in [-0.2, -0.15) is 0 Å². The van der Waals surface area contributed by atoms with Gasteiger partial charge in [0.1, 0.15) is 5.75 Å². The molecule has 0 saturated carbocycles. The number of carbonyl (C=O) groups is 1. The Hall–Kier alpha value is -2.03. The Bertz CT molecular complexity index is 486. The van der Waals surface area contributed by atoms with Crippen molar-refractivity contribution in [2.75, 3.05) is 13.7 Å². The highest BCUT2D eigenvalue weighted by atomic mass is 16.5. The minimum Gasteiger partial charge on any atom is -0.494 e. The van der Waals surface area contributed by atoms with E-state index in [2.05, 4.69) is 11.7 Å². The van der Waals surface area contributed by atoms with E-state index in [-0.39, 0.29) is 5.97 Å². The Kier molecular flexibility index (Phi) is 10.3. The first-order valence-electron chi connectivity index (χ1n) is 8.42. The number of benzene rings is 1. The Morgan fingerprint density at radius 3 is 2.39 bits per heavy atom. The third kappa shape index (κ3) is 9.56. The van der Waals surface area contributed by atoms with Crippen molar-refractivity contribution in [3.05, 3.63) is 48.1 Å². The molecular formula is C20H28O3. The minimum atomic E-state index is -0.354. The quantitative estimate of drug-likeness (QED) is 0.244. The van der Waals surface area contributed by atoms with Gasteiger partial charge in [0, 0.05) is 6.08 Å². The lowest BCUT2D eigenvalue weighted by molar-refractivity contribution is -0.134. The molecule has 1 rings (SSSR count). The number of unbranched alkanes of at least 4 members (excludes halogenated alkanes) is 5. The number of carbonyl (C=O) groups excluding carboxylic acids is 1. The SMILES string of the molecule is CCCCCCCCOc1ccc(/C=C/C=C/C(=O)OC)cc1. The molecule has 0 aliphatic heterocycles. The highest BCUT2D eigenvalue weighted by Gasteiger charge is 1.95. The highest BCUT2D eigenvalue weighted by Crippen LogP contribution is 2.14. The number of hydrogen-bond donors (Lipinski definition) is 0. The smallest absolute Gasteiger partial charge is 0.330 e. The Labute approximate surface area is 140 Å². The van der Waals surface area contributed by atoms with Gasteiger partial charge in [0.25, 0.3) is 0 Å². The third-order valence-electron chi connectivity index (χ3n) is 3.48. The molecular weight excluding hydrogens is 288 g/mol. The monoisotopic (exact) mass is 316 g/mol. The maximum atomic E-state index is 10.9. The van der Waals surface area contributed by atoms with Crippen molar-refractivity contribution in [3.63, 3.8) is 0 Å². The van der Waals surface area contributed by atoms with Crippen LogP contribution < -0.4 is 4.74 Å². The average molecular weight is 316 g/mol. The Balaban J connectivity index is 2.24. The van der Waals surface area contributed by atoms with E-state index >= 15 is 0 Å². The summed E-state index contributed by atoms with van der Waals surface area (Å²) in [5, 5.41) is 0. The van der Waals surface area contributed by atoms with Gasteiger partial charge in [-0.05, 0) is 24.1 Å². The molecule has 0 bridgehead atoms. The molecule has 0 spiro atoms. The van der Waals surface area contributed by atoms with Crippen LogP contribution >= 0.6 is 0 Å². The topological polar surface area (TPSA) is 35.5 Å². The van der Waals surface area contributed by atoms with E-state index in [1.807, 2.05) is 36.4 Å². The van der Waals surface area contributed by atoms with E-state index in [0.717, 1.165) is 24.3 Å². The molecule has 0 aliphatic carbocycles. The second-order valence-corrected chi connectivity index (χ2v) is 5.43. The Morgan fingerprint density at radius 2 is 1.70 bits per heavy atom. The predicted octanol–water partition coefficient (Wildman–Crippen LogP) is 5.17. The van der Waals surface area contributed by atoms with Crippen molar-refractivity contribution >= 4 is 12.0 Å². The molecule has 1 aromatic carbocycles. The zero-order valence-corrected chi connectivity index (χ0v) is 14.3. The van der Waals surface area contributed by atoms with Crippen LogP contribution in [0.4, 0.5) is 0 Å². The first-order chi connectivity index (χ1) is 11.3. The molecule has 3 nitrogen and oxygen atoms in total. The molecule has 0 N–H and O–H groups in total. The van der Waals surface area contributed by atoms with Crippen LogP contribution in [0.3, 0.4) is 0 Å². The molecule has 0 saturated heterocycles. The minimum absolute atomic E-state index is 0.354. The van der Waals surface area contributed by atoms with E-state index in [1.54, 1.807) is 6.08 Å². The number of methoxy groups -OCH3 is 1. The van der Waals surface area contributed by atoms with Gasteiger partial charge < -0.3 is 9.47 Å². The maximum Gasteiger partial charge on any atom is 0.330 e. The fourth-order valence-corrected chi connectivity index (χ4v) is 2.12. The van der Waals surface area contributed by atoms with Crippen LogP contribution in [-0.4, -0.2) is 19.7 Å². The van der Waals surface area contributed by atoms with Crippen molar-refractivity contribution in [3.8, 4) is 5.75 Å². The molecule has 0 aromatic heterocycles. The van der Waals surface area contributed by atoms with Gasteiger partial charge in [-0.15, -0.1) is 0 Å². The first-order valence-corrected chi connectivity index (χ1v) is 8.42. The maximum absolute atomic E-state index is 10.9. The van der Waals surface area contributed by atoms with Gasteiger partial charge in [0.05, 0.1) is 13.7 Å². The van der Waals surface area contributed by atoms with E-state index in [9.17, 15) is 4.79 Å². The standard InChI is InChI=1S/C20H28O3/c1-3-4-5-6-7-10-17-23-19-15-13-18(14-16-19)11-8-9-12-20(21)22-2/h8-9,11-16H,3-7,10,17H2,1-2H3/b11-8+,12-9+. The number of allylic oxidation sites excluding steroid dienone is 2. The summed E-state index contributed by atoms with van der Waals surface area (Å²) in [4.78, 5) is 10.9. The van der Waals surface area contributed by atoms with Crippen LogP contribution in [0.1, 0.15) is 51.0 Å². The normalized spacial score (nSPS) is 11.2. The zero-order valence-electron chi connectivity index (χ0n) is 14.3. The molecule has 23 heavy (non-hydrogen) atoms. The second kappa shape index (κ2) is 12.5. The second-order valence-electron chi connectivity index (χ2n) is 5.43. The number of esters is 1. The lowest BCUT2D eigenvalue weighted by atomic mass is 10.1. The van der Waals surface area contributed by atoms with Gasteiger partial charge >= 0.3 is 5.97 Å². The molecule has 0 amide bonds. The van der Waals surface area contributed by atoms with Crippen molar-refractivity contribution in [1.82, 2.24) is 0 Å². The van der Waals surface area contributed by atoms with Gasteiger partial charge in [-0.3, -0.25) is 0 Å². The Morgan fingerprint density at radius 1 is 1.00 bits per heavy atom. The predicted molar refractivity (Wildman–Crippen MR) is 95.5 cm³/mol. The molecule has 0 atom stereocenters. The summed E-state index contributed by atoms with van der Waals surface area (Å²) in [6.45, 7) is 3.01. The van der Waals surface area contributed by atoms with Crippen LogP contribution in [-0.2, 0) is 9.53 Å². The van der Waals surface area contributed by atoms with Gasteiger partial charge in [-0.1, -0.05) is 69.4 Å². The average Bonchev–Trinajstić information content (AvgIpc) is 2.59. The van der Waals surface area contributed by atoms with E-state index in [4.69, 9.17) is 4.74 Å². The largest absolute Gasteiger partial charge is 0.494 e. The van der Waals surface area contributed by atoms with Crippen molar-refractivity contribution in [2.45, 2.75) is 45.4 Å². The van der Waals surface area contributed by atoms with Gasteiger partial charge in [-0.25, -0.2) is 4.79 Å². The molecule has 0 unspecified atom stereocenters. The fraction of sp³-hybridized carbons (Fsp3) is 0.450. The van der Waals surface area contributed by atoms with Crippen LogP contribution in [0.15, 0.2) is 42.5 Å². The molecule has 0 radical (unpaired) electrons. The highest BCUT2D eigenvalue weighted by molar-refractivity contribution is 5.82. The summed E-state index contributed by atoms with van der Waals surface area (Å²) in [6.07, 6.45) is 14.4. The lowest BCUT2D eigenvalue weighted by Crippen LogP contribution is -1.97. The van der Waals surface area contributed by atoms with Crippen molar-refractivity contribution < 1.29 is 14.3 Å². The summed E-state index contributed by atoms with van der Waals surface area (Å²) in [5.74, 6) is 0.550. The summed E-state index contributed by atoms with van der Waals surface area (Å²) >= 11 is 0. The summed E-state index contributed by atoms with van der Waals surface area (Å²) < 4.78 is 10.3. The van der Waals surface area contributed by atoms with Crippen LogP contribution in [0.2, 0.25) is 0 Å². The van der Waals surface area contributed by atoms with Crippen LogP contribution in [0, 0.1) is 0 Å². The van der Waals surface area contributed by atoms with E-state index in [1.165, 1.54) is 45.3 Å². The molecule has 0 aliphatic rings. The molecule has 126 valence electrons. The third-order valence-corrected chi connectivity index (χ3v) is 3.48. The van der Waals surface area contributed by atoms with Crippen molar-refractivity contribution in [2.24, 2.45) is 0 Å². The number of rotatable bonds is 11. The zero-order chi connectivity index (χ0) is 16.8. The van der Waals surface area contributed by atoms with E-state index < -0.39 is 0 Å². The lowest BCUT2D eigenvalue weighted by Gasteiger charge is -2.06. The number of ether oxygens (including phenoxy) is 2. The summed E-state index contributed by atoms with van der Waals surface area (Å²) in [7, 11) is 1.36.